The summed E-state index contributed by atoms with van der Waals surface area (Å²) in [5.41, 5.74) is 2.61. The lowest BCUT2D eigenvalue weighted by molar-refractivity contribution is -0.120. The molecule has 2 aromatic carbocycles. The molecule has 4 nitrogen and oxygen atoms in total. The first-order valence-corrected chi connectivity index (χ1v) is 10.2. The summed E-state index contributed by atoms with van der Waals surface area (Å²) in [5.74, 6) is -0.344. The van der Waals surface area contributed by atoms with Crippen LogP contribution in [0.3, 0.4) is 0 Å². The molecule has 136 valence electrons. The van der Waals surface area contributed by atoms with E-state index in [1.165, 1.54) is 17.7 Å². The molecule has 0 atom stereocenters. The molecule has 2 N–H and O–H groups in total. The quantitative estimate of drug-likeness (QED) is 0.761. The third-order valence-electron chi connectivity index (χ3n) is 4.68. The van der Waals surface area contributed by atoms with Crippen molar-refractivity contribution in [2.75, 3.05) is 12.8 Å². The van der Waals surface area contributed by atoms with Crippen molar-refractivity contribution < 1.29 is 9.59 Å². The Labute approximate surface area is 158 Å². The number of nitrogens with one attached hydrogen (secondary N) is 2. The van der Waals surface area contributed by atoms with Gasteiger partial charge in [0.25, 0.3) is 5.91 Å². The average Bonchev–Trinajstić information content (AvgIpc) is 3.19. The van der Waals surface area contributed by atoms with Crippen molar-refractivity contribution in [2.24, 2.45) is 0 Å². The molecule has 2 aromatic rings. The highest BCUT2D eigenvalue weighted by Gasteiger charge is 2.17. The zero-order valence-electron chi connectivity index (χ0n) is 15.0. The average molecular weight is 369 g/mol. The summed E-state index contributed by atoms with van der Waals surface area (Å²) in [6, 6.07) is 16.0. The molecule has 26 heavy (non-hydrogen) atoms. The largest absolute Gasteiger partial charge is 0.352 e. The van der Waals surface area contributed by atoms with Crippen molar-refractivity contribution in [3.8, 4) is 11.1 Å². The Morgan fingerprint density at radius 3 is 2.46 bits per heavy atom. The Morgan fingerprint density at radius 2 is 1.77 bits per heavy atom. The summed E-state index contributed by atoms with van der Waals surface area (Å²) in [4.78, 5) is 25.5. The van der Waals surface area contributed by atoms with Crippen molar-refractivity contribution in [3.05, 3.63) is 54.1 Å². The second-order valence-corrected chi connectivity index (χ2v) is 7.42. The number of rotatable bonds is 6. The highest BCUT2D eigenvalue weighted by Crippen LogP contribution is 2.24. The van der Waals surface area contributed by atoms with Crippen molar-refractivity contribution in [1.82, 2.24) is 10.6 Å². The number of benzene rings is 2. The van der Waals surface area contributed by atoms with Gasteiger partial charge in [0.15, 0.2) is 0 Å². The second-order valence-electron chi connectivity index (χ2n) is 6.54. The van der Waals surface area contributed by atoms with E-state index in [9.17, 15) is 9.59 Å². The maximum atomic E-state index is 12.4. The first-order chi connectivity index (χ1) is 12.7. The number of carbonyl (C=O) groups excluding carboxylic acids is 2. The molecule has 0 heterocycles. The molecule has 5 heteroatoms. The van der Waals surface area contributed by atoms with E-state index in [4.69, 9.17) is 0 Å². The van der Waals surface area contributed by atoms with Gasteiger partial charge >= 0.3 is 0 Å². The zero-order chi connectivity index (χ0) is 18.4. The maximum Gasteiger partial charge on any atom is 0.251 e. The van der Waals surface area contributed by atoms with Crippen LogP contribution in [0.5, 0.6) is 0 Å². The molecule has 2 amide bonds. The van der Waals surface area contributed by atoms with Crippen LogP contribution < -0.4 is 10.6 Å². The normalized spacial score (nSPS) is 14.2. The van der Waals surface area contributed by atoms with Gasteiger partial charge in [0.1, 0.15) is 0 Å². The molecule has 3 rings (SSSR count). The Kier molecular flexibility index (Phi) is 6.34. The fraction of sp³-hybridized carbons (Fsp3) is 0.333. The molecule has 1 aliphatic rings. The van der Waals surface area contributed by atoms with Crippen LogP contribution >= 0.6 is 11.8 Å². The van der Waals surface area contributed by atoms with E-state index >= 15 is 0 Å². The van der Waals surface area contributed by atoms with Gasteiger partial charge in [0.05, 0.1) is 6.54 Å². The summed E-state index contributed by atoms with van der Waals surface area (Å²) in [5, 5.41) is 5.69. The number of hydrogen-bond donors (Lipinski definition) is 2. The van der Waals surface area contributed by atoms with E-state index in [-0.39, 0.29) is 24.4 Å². The molecule has 0 radical (unpaired) electrons. The minimum atomic E-state index is -0.228. The van der Waals surface area contributed by atoms with Gasteiger partial charge in [-0.05, 0) is 54.5 Å². The SMILES string of the molecule is CSc1ccc(-c2cccc(C(=O)NCC(=O)NC3CCCC3)c2)cc1. The van der Waals surface area contributed by atoms with Gasteiger partial charge in [-0.25, -0.2) is 0 Å². The maximum absolute atomic E-state index is 12.4. The Hall–Kier alpha value is -2.27. The van der Waals surface area contributed by atoms with Crippen LogP contribution in [-0.2, 0) is 4.79 Å². The van der Waals surface area contributed by atoms with E-state index in [0.29, 0.717) is 5.56 Å². The molecular weight excluding hydrogens is 344 g/mol. The van der Waals surface area contributed by atoms with Crippen molar-refractivity contribution in [3.63, 3.8) is 0 Å². The van der Waals surface area contributed by atoms with Gasteiger partial charge in [-0.15, -0.1) is 11.8 Å². The second kappa shape index (κ2) is 8.90. The van der Waals surface area contributed by atoms with Crippen LogP contribution in [0, 0.1) is 0 Å². The van der Waals surface area contributed by atoms with Crippen molar-refractivity contribution in [1.29, 1.82) is 0 Å². The minimum Gasteiger partial charge on any atom is -0.352 e. The fourth-order valence-corrected chi connectivity index (χ4v) is 3.64. The lowest BCUT2D eigenvalue weighted by Gasteiger charge is -2.12. The zero-order valence-corrected chi connectivity index (χ0v) is 15.8. The molecule has 0 unspecified atom stereocenters. The molecule has 1 saturated carbocycles. The van der Waals surface area contributed by atoms with Gasteiger partial charge in [0, 0.05) is 16.5 Å². The van der Waals surface area contributed by atoms with Gasteiger partial charge in [-0.3, -0.25) is 9.59 Å². The third kappa shape index (κ3) is 4.88. The molecular formula is C21H24N2O2S. The molecule has 0 spiro atoms. The highest BCUT2D eigenvalue weighted by atomic mass is 32.2. The first-order valence-electron chi connectivity index (χ1n) is 8.98. The Bertz CT molecular complexity index is 768. The van der Waals surface area contributed by atoms with Gasteiger partial charge in [-0.1, -0.05) is 37.1 Å². The summed E-state index contributed by atoms with van der Waals surface area (Å²) < 4.78 is 0. The van der Waals surface area contributed by atoms with E-state index in [2.05, 4.69) is 34.9 Å². The topological polar surface area (TPSA) is 58.2 Å². The van der Waals surface area contributed by atoms with Gasteiger partial charge in [-0.2, -0.15) is 0 Å². The molecule has 0 aliphatic heterocycles. The van der Waals surface area contributed by atoms with Crippen LogP contribution in [0.4, 0.5) is 0 Å². The number of amides is 2. The number of thioether (sulfide) groups is 1. The number of carbonyl (C=O) groups is 2. The van der Waals surface area contributed by atoms with Crippen LogP contribution in [-0.4, -0.2) is 30.7 Å². The first kappa shape index (κ1) is 18.5. The summed E-state index contributed by atoms with van der Waals surface area (Å²) in [7, 11) is 0. The fourth-order valence-electron chi connectivity index (χ4n) is 3.23. The van der Waals surface area contributed by atoms with Gasteiger partial charge in [0.2, 0.25) is 5.91 Å². The number of hydrogen-bond acceptors (Lipinski definition) is 3. The van der Waals surface area contributed by atoms with E-state index in [1.807, 2.05) is 24.5 Å². The van der Waals surface area contributed by atoms with E-state index < -0.39 is 0 Å². The molecule has 1 fully saturated rings. The predicted octanol–water partition coefficient (Wildman–Crippen LogP) is 3.86. The van der Waals surface area contributed by atoms with Crippen LogP contribution in [0.15, 0.2) is 53.4 Å². The summed E-state index contributed by atoms with van der Waals surface area (Å²) in [6.45, 7) is 0.0159. The Balaban J connectivity index is 1.59. The summed E-state index contributed by atoms with van der Waals surface area (Å²) in [6.07, 6.45) is 6.46. The highest BCUT2D eigenvalue weighted by molar-refractivity contribution is 7.98. The van der Waals surface area contributed by atoms with Crippen LogP contribution in [0.2, 0.25) is 0 Å². The minimum absolute atomic E-state index is 0.0159. The smallest absolute Gasteiger partial charge is 0.251 e. The third-order valence-corrected chi connectivity index (χ3v) is 5.42. The monoisotopic (exact) mass is 368 g/mol. The van der Waals surface area contributed by atoms with E-state index in [0.717, 1.165) is 24.0 Å². The van der Waals surface area contributed by atoms with Gasteiger partial charge < -0.3 is 10.6 Å². The lowest BCUT2D eigenvalue weighted by Crippen LogP contribution is -2.40. The van der Waals surface area contributed by atoms with Crippen molar-refractivity contribution in [2.45, 2.75) is 36.6 Å². The lowest BCUT2D eigenvalue weighted by atomic mass is 10.0. The molecule has 1 aliphatic carbocycles. The van der Waals surface area contributed by atoms with Crippen LogP contribution in [0.25, 0.3) is 11.1 Å². The molecule has 0 bridgehead atoms. The van der Waals surface area contributed by atoms with E-state index in [1.54, 1.807) is 17.8 Å². The Morgan fingerprint density at radius 1 is 1.04 bits per heavy atom. The molecule has 0 aromatic heterocycles. The van der Waals surface area contributed by atoms with Crippen molar-refractivity contribution >= 4 is 23.6 Å². The van der Waals surface area contributed by atoms with Crippen LogP contribution in [0.1, 0.15) is 36.0 Å². The predicted molar refractivity (Wildman–Crippen MR) is 106 cm³/mol. The standard InChI is InChI=1S/C21H24N2O2S/c1-26-19-11-9-15(10-12-19)16-5-4-6-17(13-16)21(25)22-14-20(24)23-18-7-2-3-8-18/h4-6,9-13,18H,2-3,7-8,14H2,1H3,(H,22,25)(H,23,24). The summed E-state index contributed by atoms with van der Waals surface area (Å²) >= 11 is 1.70. The molecule has 0 saturated heterocycles.